The molecule has 11 rings (SSSR count). The van der Waals surface area contributed by atoms with Crippen molar-refractivity contribution in [3.05, 3.63) is 194 Å². The van der Waals surface area contributed by atoms with Crippen LogP contribution in [0.5, 0.6) is 0 Å². The molecule has 0 atom stereocenters. The van der Waals surface area contributed by atoms with Gasteiger partial charge in [0.25, 0.3) is 0 Å². The molecule has 3 aromatic heterocycles. The van der Waals surface area contributed by atoms with Gasteiger partial charge in [0.1, 0.15) is 5.58 Å². The Morgan fingerprint density at radius 1 is 0.321 bits per heavy atom. The van der Waals surface area contributed by atoms with E-state index in [0.29, 0.717) is 17.5 Å². The van der Waals surface area contributed by atoms with Crippen molar-refractivity contribution in [1.29, 1.82) is 0 Å². The minimum atomic E-state index is 0.616. The fourth-order valence-corrected chi connectivity index (χ4v) is 8.02. The molecule has 0 radical (unpaired) electrons. The highest BCUT2D eigenvalue weighted by atomic mass is 16.3. The first-order valence-electron chi connectivity index (χ1n) is 18.8. The van der Waals surface area contributed by atoms with Crippen molar-refractivity contribution in [2.45, 2.75) is 0 Å². The largest absolute Gasteiger partial charge is 0.453 e. The van der Waals surface area contributed by atoms with E-state index < -0.39 is 0 Å². The van der Waals surface area contributed by atoms with Crippen LogP contribution >= 0.6 is 0 Å². The smallest absolute Gasteiger partial charge is 0.164 e. The first-order chi connectivity index (χ1) is 27.8. The number of hydrogen-bond donors (Lipinski definition) is 0. The predicted molar refractivity (Wildman–Crippen MR) is 229 cm³/mol. The van der Waals surface area contributed by atoms with Crippen molar-refractivity contribution >= 4 is 43.7 Å². The van der Waals surface area contributed by atoms with Crippen LogP contribution < -0.4 is 0 Å². The summed E-state index contributed by atoms with van der Waals surface area (Å²) in [6.45, 7) is 0. The maximum Gasteiger partial charge on any atom is 0.164 e. The summed E-state index contributed by atoms with van der Waals surface area (Å²) < 4.78 is 9.21. The third-order valence-electron chi connectivity index (χ3n) is 10.7. The van der Waals surface area contributed by atoms with E-state index in [1.807, 2.05) is 42.5 Å². The molecule has 0 N–H and O–H groups in total. The number of fused-ring (bicyclic) bond motifs is 6. The summed E-state index contributed by atoms with van der Waals surface area (Å²) in [4.78, 5) is 15.3. The number of para-hydroxylation sites is 3. The Morgan fingerprint density at radius 3 is 1.59 bits per heavy atom. The maximum atomic E-state index is 6.88. The number of hydrogen-bond acceptors (Lipinski definition) is 4. The van der Waals surface area contributed by atoms with Crippen molar-refractivity contribution < 1.29 is 4.42 Å². The van der Waals surface area contributed by atoms with Crippen LogP contribution in [-0.2, 0) is 0 Å². The molecule has 5 nitrogen and oxygen atoms in total. The molecule has 0 saturated carbocycles. The molecule has 0 saturated heterocycles. The summed E-state index contributed by atoms with van der Waals surface area (Å²) in [5.74, 6) is 1.87. The molecule has 0 fully saturated rings. The van der Waals surface area contributed by atoms with E-state index in [4.69, 9.17) is 19.4 Å². The van der Waals surface area contributed by atoms with Crippen LogP contribution in [0.25, 0.3) is 106 Å². The number of benzene rings is 8. The zero-order valence-electron chi connectivity index (χ0n) is 30.2. The van der Waals surface area contributed by atoms with Crippen LogP contribution in [-0.4, -0.2) is 19.5 Å². The van der Waals surface area contributed by atoms with Gasteiger partial charge < -0.3 is 8.98 Å². The lowest BCUT2D eigenvalue weighted by Gasteiger charge is -2.11. The molecule has 11 aromatic rings. The lowest BCUT2D eigenvalue weighted by atomic mass is 10.0. The molecule has 0 spiro atoms. The molecule has 0 aliphatic rings. The summed E-state index contributed by atoms with van der Waals surface area (Å²) >= 11 is 0. The SMILES string of the molecule is c1ccc(-c2cccc(-c3nc(-c4ccccc4)nc(-c4ccc5c(c4)c4ccccc4n5-c4cccc5c4oc4c(-c6ccccc6)cccc45)n3)c2)cc1. The van der Waals surface area contributed by atoms with Gasteiger partial charge in [-0.2, -0.15) is 0 Å². The average Bonchev–Trinajstić information content (AvgIpc) is 3.83. The normalized spacial score (nSPS) is 11.6. The second-order valence-electron chi connectivity index (χ2n) is 14.0. The maximum absolute atomic E-state index is 6.88. The summed E-state index contributed by atoms with van der Waals surface area (Å²) in [7, 11) is 0. The Kier molecular flexibility index (Phi) is 7.42. The molecule has 0 aliphatic heterocycles. The van der Waals surface area contributed by atoms with Gasteiger partial charge in [0.2, 0.25) is 0 Å². The number of aromatic nitrogens is 4. The highest BCUT2D eigenvalue weighted by Gasteiger charge is 2.20. The second-order valence-corrected chi connectivity index (χ2v) is 14.0. The van der Waals surface area contributed by atoms with Crippen molar-refractivity contribution in [1.82, 2.24) is 19.5 Å². The van der Waals surface area contributed by atoms with E-state index in [9.17, 15) is 0 Å². The zero-order valence-corrected chi connectivity index (χ0v) is 30.2. The van der Waals surface area contributed by atoms with Crippen LogP contribution in [0, 0.1) is 0 Å². The third kappa shape index (κ3) is 5.29. The number of nitrogens with zero attached hydrogens (tertiary/aromatic N) is 4. The number of rotatable bonds is 6. The first-order valence-corrected chi connectivity index (χ1v) is 18.8. The van der Waals surface area contributed by atoms with Crippen molar-refractivity contribution in [3.63, 3.8) is 0 Å². The molecule has 8 aromatic carbocycles. The van der Waals surface area contributed by atoms with Crippen LogP contribution in [0.2, 0.25) is 0 Å². The summed E-state index contributed by atoms with van der Waals surface area (Å²) in [5, 5.41) is 4.42. The van der Waals surface area contributed by atoms with E-state index in [1.54, 1.807) is 0 Å². The Bertz CT molecular complexity index is 3240. The molecular formula is C51H32N4O. The molecule has 56 heavy (non-hydrogen) atoms. The second kappa shape index (κ2) is 13.0. The van der Waals surface area contributed by atoms with Crippen molar-refractivity contribution in [2.75, 3.05) is 0 Å². The monoisotopic (exact) mass is 716 g/mol. The van der Waals surface area contributed by atoms with E-state index >= 15 is 0 Å². The minimum absolute atomic E-state index is 0.616. The van der Waals surface area contributed by atoms with Gasteiger partial charge in [0, 0.05) is 43.8 Å². The summed E-state index contributed by atoms with van der Waals surface area (Å²) in [6.07, 6.45) is 0. The Labute approximate surface area is 322 Å². The topological polar surface area (TPSA) is 56.7 Å². The molecule has 262 valence electrons. The fraction of sp³-hybridized carbons (Fsp3) is 0. The van der Waals surface area contributed by atoms with Gasteiger partial charge in [-0.1, -0.05) is 158 Å². The van der Waals surface area contributed by atoms with Crippen LogP contribution in [0.4, 0.5) is 0 Å². The van der Waals surface area contributed by atoms with Crippen LogP contribution in [0.15, 0.2) is 199 Å². The van der Waals surface area contributed by atoms with Gasteiger partial charge in [0.15, 0.2) is 23.1 Å². The highest BCUT2D eigenvalue weighted by Crippen LogP contribution is 2.41. The molecule has 3 heterocycles. The van der Waals surface area contributed by atoms with E-state index in [0.717, 1.165) is 88.4 Å². The lowest BCUT2D eigenvalue weighted by Crippen LogP contribution is -2.00. The third-order valence-corrected chi connectivity index (χ3v) is 10.7. The molecule has 0 aliphatic carbocycles. The Balaban J connectivity index is 1.10. The van der Waals surface area contributed by atoms with Crippen molar-refractivity contribution in [2.24, 2.45) is 0 Å². The van der Waals surface area contributed by atoms with Gasteiger partial charge in [-0.15, -0.1) is 0 Å². The van der Waals surface area contributed by atoms with E-state index in [2.05, 4.69) is 156 Å². The van der Waals surface area contributed by atoms with Crippen LogP contribution in [0.1, 0.15) is 0 Å². The Hall–Kier alpha value is -7.63. The van der Waals surface area contributed by atoms with Gasteiger partial charge in [-0.3, -0.25) is 0 Å². The van der Waals surface area contributed by atoms with E-state index in [1.165, 1.54) is 0 Å². The molecule has 0 amide bonds. The molecule has 0 bridgehead atoms. The predicted octanol–water partition coefficient (Wildman–Crippen LogP) is 13.2. The summed E-state index contributed by atoms with van der Waals surface area (Å²) in [5.41, 5.74) is 12.1. The quantitative estimate of drug-likeness (QED) is 0.172. The minimum Gasteiger partial charge on any atom is -0.453 e. The van der Waals surface area contributed by atoms with Gasteiger partial charge in [-0.25, -0.2) is 15.0 Å². The standard InChI is InChI=1S/C51H32N4O/c1-4-15-33(16-5-1)36-21-12-22-37(31-36)50-52-49(35-19-8-3-9-20-35)53-51(54-50)38-29-30-45-43(32-38)40-23-10-11-27-44(40)55(45)46-28-14-26-42-41-25-13-24-39(47(41)56-48(42)46)34-17-6-2-7-18-34/h1-32H. The van der Waals surface area contributed by atoms with E-state index in [-0.39, 0.29) is 0 Å². The lowest BCUT2D eigenvalue weighted by molar-refractivity contribution is 0.667. The fourth-order valence-electron chi connectivity index (χ4n) is 8.02. The molecule has 0 unspecified atom stereocenters. The molecule has 5 heteroatoms. The van der Waals surface area contributed by atoms with Crippen LogP contribution in [0.3, 0.4) is 0 Å². The first kappa shape index (κ1) is 31.9. The summed E-state index contributed by atoms with van der Waals surface area (Å²) in [6, 6.07) is 67.3. The van der Waals surface area contributed by atoms with Gasteiger partial charge in [0.05, 0.1) is 16.7 Å². The zero-order chi connectivity index (χ0) is 37.0. The van der Waals surface area contributed by atoms with Crippen molar-refractivity contribution in [3.8, 4) is 62.1 Å². The highest BCUT2D eigenvalue weighted by molar-refractivity contribution is 6.14. The number of furan rings is 1. The average molecular weight is 717 g/mol. The molecular weight excluding hydrogens is 685 g/mol. The Morgan fingerprint density at radius 2 is 0.839 bits per heavy atom. The van der Waals surface area contributed by atoms with Gasteiger partial charge in [-0.05, 0) is 53.1 Å². The van der Waals surface area contributed by atoms with Gasteiger partial charge >= 0.3 is 0 Å².